The van der Waals surface area contributed by atoms with Gasteiger partial charge < -0.3 is 0 Å². The first-order valence-corrected chi connectivity index (χ1v) is 5.12. The molecule has 0 N–H and O–H groups in total. The first-order valence-electron chi connectivity index (χ1n) is 5.12. The van der Waals surface area contributed by atoms with Gasteiger partial charge >= 0.3 is 0 Å². The smallest absolute Gasteiger partial charge is 0 e. The van der Waals surface area contributed by atoms with Crippen LogP contribution < -0.4 is 0 Å². The molecule has 0 nitrogen and oxygen atoms in total. The molecule has 0 aliphatic carbocycles. The predicted octanol–water partition coefficient (Wildman–Crippen LogP) is 4.88. The molecule has 0 aromatic rings. The zero-order chi connectivity index (χ0) is 10.4. The van der Waals surface area contributed by atoms with Crippen molar-refractivity contribution < 1.29 is 21.1 Å². The second-order valence-electron chi connectivity index (χ2n) is 5.83. The van der Waals surface area contributed by atoms with Gasteiger partial charge in [-0.2, -0.15) is 0 Å². The van der Waals surface area contributed by atoms with Crippen molar-refractivity contribution in [2.45, 2.75) is 68.2 Å². The third-order valence-electron chi connectivity index (χ3n) is 2.12. The molecule has 0 amide bonds. The average Bonchev–Trinajstić information content (AvgIpc) is 1.86. The fourth-order valence-electron chi connectivity index (χ4n) is 0. The minimum atomic E-state index is 0. The monoisotopic (exact) mass is 356 g/mol. The molecule has 1 heteroatoms. The van der Waals surface area contributed by atoms with E-state index in [-0.39, 0.29) is 21.1 Å². The fourth-order valence-corrected chi connectivity index (χ4v) is 0. The van der Waals surface area contributed by atoms with Crippen molar-refractivity contribution in [3.63, 3.8) is 0 Å². The van der Waals surface area contributed by atoms with Crippen molar-refractivity contribution in [2.75, 3.05) is 0 Å². The van der Waals surface area contributed by atoms with Crippen molar-refractivity contribution in [3.05, 3.63) is 0 Å². The normalized spacial score (nSPS) is 11.1. The van der Waals surface area contributed by atoms with Gasteiger partial charge in [-0.3, -0.25) is 0 Å². The molecule has 0 rings (SSSR count). The molecular formula is C12H28W. The van der Waals surface area contributed by atoms with Crippen LogP contribution in [0, 0.1) is 10.8 Å². The maximum Gasteiger partial charge on any atom is 0 e. The molecule has 0 atom stereocenters. The summed E-state index contributed by atoms with van der Waals surface area (Å²) in [7, 11) is 0. The molecule has 0 aliphatic heterocycles. The van der Waals surface area contributed by atoms with E-state index in [0.717, 1.165) is 0 Å². The Morgan fingerprint density at radius 3 is 0.692 bits per heavy atom. The van der Waals surface area contributed by atoms with E-state index in [4.69, 9.17) is 0 Å². The van der Waals surface area contributed by atoms with Crippen molar-refractivity contribution >= 4 is 0 Å². The Labute approximate surface area is 100 Å². The molecule has 0 saturated carbocycles. The van der Waals surface area contributed by atoms with Crippen LogP contribution in [0.4, 0.5) is 0 Å². The van der Waals surface area contributed by atoms with Gasteiger partial charge in [0, 0.05) is 21.1 Å². The van der Waals surface area contributed by atoms with E-state index in [1.54, 1.807) is 0 Å². The predicted molar refractivity (Wildman–Crippen MR) is 59.5 cm³/mol. The van der Waals surface area contributed by atoms with E-state index in [1.807, 2.05) is 0 Å². The molecule has 0 heterocycles. The zero-order valence-corrected chi connectivity index (χ0v) is 13.8. The SMILES string of the molecule is CCC(C)(C)C.CCC(C)(C)C.[W]. The zero-order valence-electron chi connectivity index (χ0n) is 10.8. The minimum absolute atomic E-state index is 0. The second-order valence-corrected chi connectivity index (χ2v) is 5.83. The number of rotatable bonds is 0. The summed E-state index contributed by atoms with van der Waals surface area (Å²) in [5.74, 6) is 0. The molecule has 0 aromatic heterocycles. The van der Waals surface area contributed by atoms with E-state index in [9.17, 15) is 0 Å². The van der Waals surface area contributed by atoms with E-state index in [0.29, 0.717) is 10.8 Å². The first kappa shape index (κ1) is 19.3. The quantitative estimate of drug-likeness (QED) is 0.580. The van der Waals surface area contributed by atoms with Crippen molar-refractivity contribution in [3.8, 4) is 0 Å². The molecule has 0 spiro atoms. The van der Waals surface area contributed by atoms with Crippen molar-refractivity contribution in [1.82, 2.24) is 0 Å². The van der Waals surface area contributed by atoms with Crippen LogP contribution in [0.25, 0.3) is 0 Å². The van der Waals surface area contributed by atoms with Crippen LogP contribution in [-0.2, 0) is 21.1 Å². The van der Waals surface area contributed by atoms with Gasteiger partial charge in [0.1, 0.15) is 0 Å². The van der Waals surface area contributed by atoms with Gasteiger partial charge in [0.15, 0.2) is 0 Å². The summed E-state index contributed by atoms with van der Waals surface area (Å²) in [5.41, 5.74) is 1.08. The largest absolute Gasteiger partial charge is 0.0649 e. The topological polar surface area (TPSA) is 0 Å². The molecule has 0 bridgehead atoms. The van der Waals surface area contributed by atoms with Crippen LogP contribution in [0.3, 0.4) is 0 Å². The Bertz CT molecular complexity index is 78.7. The maximum atomic E-state index is 2.24. The standard InChI is InChI=1S/2C6H14.W/c2*1-5-6(2,3)4;/h2*5H2,1-4H3;. The van der Waals surface area contributed by atoms with Crippen LogP contribution >= 0.6 is 0 Å². The summed E-state index contributed by atoms with van der Waals surface area (Å²) < 4.78 is 0. The Kier molecular flexibility index (Phi) is 11.9. The van der Waals surface area contributed by atoms with E-state index >= 15 is 0 Å². The summed E-state index contributed by atoms with van der Waals surface area (Å²) in [6, 6.07) is 0. The van der Waals surface area contributed by atoms with Crippen molar-refractivity contribution in [2.24, 2.45) is 10.8 Å². The van der Waals surface area contributed by atoms with Crippen LogP contribution in [0.2, 0.25) is 0 Å². The van der Waals surface area contributed by atoms with Crippen LogP contribution in [-0.4, -0.2) is 0 Å². The van der Waals surface area contributed by atoms with Crippen LogP contribution in [0.5, 0.6) is 0 Å². The Morgan fingerprint density at radius 1 is 0.615 bits per heavy atom. The van der Waals surface area contributed by atoms with E-state index in [2.05, 4.69) is 55.4 Å². The summed E-state index contributed by atoms with van der Waals surface area (Å²) in [6.07, 6.45) is 2.54. The van der Waals surface area contributed by atoms with E-state index in [1.165, 1.54) is 12.8 Å². The molecule has 13 heavy (non-hydrogen) atoms. The van der Waals surface area contributed by atoms with Crippen LogP contribution in [0.1, 0.15) is 68.2 Å². The Morgan fingerprint density at radius 2 is 0.692 bits per heavy atom. The molecular weight excluding hydrogens is 328 g/mol. The molecule has 0 unspecified atom stereocenters. The van der Waals surface area contributed by atoms with Gasteiger partial charge in [0.05, 0.1) is 0 Å². The molecule has 0 radical (unpaired) electrons. The van der Waals surface area contributed by atoms with E-state index < -0.39 is 0 Å². The average molecular weight is 356 g/mol. The van der Waals surface area contributed by atoms with Crippen molar-refractivity contribution in [1.29, 1.82) is 0 Å². The third-order valence-corrected chi connectivity index (χ3v) is 2.12. The Balaban J connectivity index is -0.000000143. The minimum Gasteiger partial charge on any atom is -0.0649 e. The summed E-state index contributed by atoms with van der Waals surface area (Å²) in [6.45, 7) is 17.9. The summed E-state index contributed by atoms with van der Waals surface area (Å²) in [4.78, 5) is 0. The van der Waals surface area contributed by atoms with Gasteiger partial charge in [-0.15, -0.1) is 0 Å². The van der Waals surface area contributed by atoms with Crippen LogP contribution in [0.15, 0.2) is 0 Å². The molecule has 0 fully saturated rings. The molecule has 0 saturated heterocycles. The van der Waals surface area contributed by atoms with Gasteiger partial charge in [-0.05, 0) is 10.8 Å². The number of hydrogen-bond donors (Lipinski definition) is 0. The van der Waals surface area contributed by atoms with Gasteiger partial charge in [0.25, 0.3) is 0 Å². The molecule has 0 aromatic carbocycles. The maximum absolute atomic E-state index is 2.24. The molecule has 82 valence electrons. The third kappa shape index (κ3) is 32.4. The second kappa shape index (κ2) is 8.03. The van der Waals surface area contributed by atoms with Gasteiger partial charge in [-0.1, -0.05) is 68.2 Å². The van der Waals surface area contributed by atoms with Gasteiger partial charge in [0.2, 0.25) is 0 Å². The first-order chi connectivity index (χ1) is 5.12. The summed E-state index contributed by atoms with van der Waals surface area (Å²) >= 11 is 0. The molecule has 0 aliphatic rings. The number of hydrogen-bond acceptors (Lipinski definition) is 0. The fraction of sp³-hybridized carbons (Fsp3) is 1.00. The van der Waals surface area contributed by atoms with Gasteiger partial charge in [-0.25, -0.2) is 0 Å². The summed E-state index contributed by atoms with van der Waals surface area (Å²) in [5, 5.41) is 0. The Hall–Kier alpha value is 0.688.